The molecule has 0 aliphatic rings. The fourth-order valence-electron chi connectivity index (χ4n) is 0.663. The summed E-state index contributed by atoms with van der Waals surface area (Å²) in [7, 11) is 0. The smallest absolute Gasteiger partial charge is 0.198 e. The van der Waals surface area contributed by atoms with Gasteiger partial charge in [0, 0.05) is 19.1 Å². The monoisotopic (exact) mass is 158 g/mol. The van der Waals surface area contributed by atoms with Crippen LogP contribution in [0.3, 0.4) is 0 Å². The van der Waals surface area contributed by atoms with Crippen molar-refractivity contribution in [1.82, 2.24) is 0 Å². The van der Waals surface area contributed by atoms with Gasteiger partial charge in [0.25, 0.3) is 0 Å². The first kappa shape index (κ1) is 10.3. The summed E-state index contributed by atoms with van der Waals surface area (Å²) in [6.07, 6.45) is 1.00. The van der Waals surface area contributed by atoms with Crippen molar-refractivity contribution >= 4 is 12.1 Å². The van der Waals surface area contributed by atoms with Crippen LogP contribution in [0.1, 0.15) is 20.3 Å². The van der Waals surface area contributed by atoms with E-state index in [2.05, 4.69) is 0 Å². The Kier molecular flexibility index (Phi) is 5.65. The molecule has 1 unspecified atom stereocenters. The molecule has 0 aromatic rings. The second-order valence-corrected chi connectivity index (χ2v) is 2.41. The van der Waals surface area contributed by atoms with Gasteiger partial charge in [-0.2, -0.15) is 0 Å². The average Bonchev–Trinajstić information content (AvgIpc) is 2.03. The van der Waals surface area contributed by atoms with Crippen LogP contribution in [0.15, 0.2) is 0 Å². The van der Waals surface area contributed by atoms with Gasteiger partial charge in [-0.1, -0.05) is 6.92 Å². The van der Waals surface area contributed by atoms with Crippen LogP contribution in [-0.2, 0) is 14.3 Å². The first-order valence-electron chi connectivity index (χ1n) is 3.79. The lowest BCUT2D eigenvalue weighted by atomic mass is 10.0. The standard InChI is InChI=1S/C8H14O3/c1-3-11-5-4-7(2)8(10)6-9/h6-7H,3-5H2,1-2H3. The molecule has 0 fully saturated rings. The summed E-state index contributed by atoms with van der Waals surface area (Å²) in [6.45, 7) is 4.83. The molecule has 0 saturated carbocycles. The molecule has 0 heterocycles. The summed E-state index contributed by atoms with van der Waals surface area (Å²) in [5.74, 6) is -0.538. The minimum atomic E-state index is -0.343. The van der Waals surface area contributed by atoms with Crippen molar-refractivity contribution in [3.8, 4) is 0 Å². The third-order valence-corrected chi connectivity index (χ3v) is 1.50. The quantitative estimate of drug-likeness (QED) is 0.326. The number of carbonyl (C=O) groups excluding carboxylic acids is 2. The summed E-state index contributed by atoms with van der Waals surface area (Å²) in [6, 6.07) is 0. The van der Waals surface area contributed by atoms with Crippen LogP contribution in [0.4, 0.5) is 0 Å². The van der Waals surface area contributed by atoms with Gasteiger partial charge in [-0.15, -0.1) is 0 Å². The first-order valence-corrected chi connectivity index (χ1v) is 3.79. The van der Waals surface area contributed by atoms with E-state index in [1.807, 2.05) is 6.92 Å². The van der Waals surface area contributed by atoms with Gasteiger partial charge in [-0.25, -0.2) is 0 Å². The Bertz CT molecular complexity index is 131. The van der Waals surface area contributed by atoms with Crippen molar-refractivity contribution in [2.24, 2.45) is 5.92 Å². The number of ketones is 1. The van der Waals surface area contributed by atoms with Crippen LogP contribution in [0, 0.1) is 5.92 Å². The topological polar surface area (TPSA) is 43.4 Å². The van der Waals surface area contributed by atoms with Crippen molar-refractivity contribution < 1.29 is 14.3 Å². The molecule has 0 bridgehead atoms. The zero-order valence-corrected chi connectivity index (χ0v) is 7.00. The summed E-state index contributed by atoms with van der Waals surface area (Å²) >= 11 is 0. The average molecular weight is 158 g/mol. The van der Waals surface area contributed by atoms with E-state index in [9.17, 15) is 9.59 Å². The van der Waals surface area contributed by atoms with E-state index in [0.717, 1.165) is 0 Å². The van der Waals surface area contributed by atoms with Gasteiger partial charge in [0.2, 0.25) is 0 Å². The highest BCUT2D eigenvalue weighted by Gasteiger charge is 2.10. The van der Waals surface area contributed by atoms with E-state index in [4.69, 9.17) is 4.74 Å². The Balaban J connectivity index is 3.43. The lowest BCUT2D eigenvalue weighted by Crippen LogP contribution is -2.14. The van der Waals surface area contributed by atoms with Crippen molar-refractivity contribution in [2.75, 3.05) is 13.2 Å². The molecule has 0 rings (SSSR count). The Morgan fingerprint density at radius 2 is 2.27 bits per heavy atom. The Labute approximate surface area is 66.7 Å². The third kappa shape index (κ3) is 4.67. The van der Waals surface area contributed by atoms with Gasteiger partial charge in [0.15, 0.2) is 12.1 Å². The Hall–Kier alpha value is -0.700. The van der Waals surface area contributed by atoms with Gasteiger partial charge < -0.3 is 4.74 Å². The summed E-state index contributed by atoms with van der Waals surface area (Å²) in [5.41, 5.74) is 0. The SMILES string of the molecule is CCOCCC(C)C(=O)C=O. The second-order valence-electron chi connectivity index (χ2n) is 2.41. The molecule has 0 aliphatic carbocycles. The minimum Gasteiger partial charge on any atom is -0.382 e. The number of ether oxygens (including phenoxy) is 1. The maximum Gasteiger partial charge on any atom is 0.198 e. The number of carbonyl (C=O) groups is 2. The summed E-state index contributed by atoms with van der Waals surface area (Å²) in [4.78, 5) is 20.7. The normalized spacial score (nSPS) is 12.5. The van der Waals surface area contributed by atoms with Crippen LogP contribution >= 0.6 is 0 Å². The molecular weight excluding hydrogens is 144 g/mol. The van der Waals surface area contributed by atoms with Gasteiger partial charge in [0.1, 0.15) is 0 Å². The summed E-state index contributed by atoms with van der Waals surface area (Å²) in [5, 5.41) is 0. The van der Waals surface area contributed by atoms with Crippen molar-refractivity contribution in [3.63, 3.8) is 0 Å². The second kappa shape index (κ2) is 6.04. The first-order chi connectivity index (χ1) is 5.22. The number of Topliss-reactive ketones (excluding diaryl/α,β-unsaturated/α-hetero) is 1. The number of aldehydes is 1. The zero-order valence-electron chi connectivity index (χ0n) is 7.00. The molecule has 0 saturated heterocycles. The highest BCUT2D eigenvalue weighted by Crippen LogP contribution is 2.01. The van der Waals surface area contributed by atoms with E-state index in [1.165, 1.54) is 0 Å². The van der Waals surface area contributed by atoms with Crippen molar-refractivity contribution in [2.45, 2.75) is 20.3 Å². The Morgan fingerprint density at radius 1 is 1.64 bits per heavy atom. The number of hydrogen-bond donors (Lipinski definition) is 0. The molecule has 3 nitrogen and oxygen atoms in total. The summed E-state index contributed by atoms with van der Waals surface area (Å²) < 4.78 is 5.03. The molecule has 0 spiro atoms. The van der Waals surface area contributed by atoms with Gasteiger partial charge in [0.05, 0.1) is 0 Å². The zero-order chi connectivity index (χ0) is 8.69. The molecule has 0 aromatic carbocycles. The lowest BCUT2D eigenvalue weighted by molar-refractivity contribution is -0.132. The predicted molar refractivity (Wildman–Crippen MR) is 41.3 cm³/mol. The molecule has 0 aromatic heterocycles. The fourth-order valence-corrected chi connectivity index (χ4v) is 0.663. The maximum absolute atomic E-state index is 10.7. The van der Waals surface area contributed by atoms with Crippen LogP contribution < -0.4 is 0 Å². The van der Waals surface area contributed by atoms with E-state index in [-0.39, 0.29) is 11.7 Å². The molecular formula is C8H14O3. The van der Waals surface area contributed by atoms with E-state index in [1.54, 1.807) is 6.92 Å². The number of rotatable bonds is 6. The van der Waals surface area contributed by atoms with E-state index in [0.29, 0.717) is 25.9 Å². The van der Waals surface area contributed by atoms with Gasteiger partial charge in [-0.3, -0.25) is 9.59 Å². The van der Waals surface area contributed by atoms with Crippen molar-refractivity contribution in [3.05, 3.63) is 0 Å². The van der Waals surface area contributed by atoms with Gasteiger partial charge in [-0.05, 0) is 13.3 Å². The highest BCUT2D eigenvalue weighted by molar-refractivity contribution is 6.25. The number of hydrogen-bond acceptors (Lipinski definition) is 3. The lowest BCUT2D eigenvalue weighted by Gasteiger charge is -2.05. The minimum absolute atomic E-state index is 0.195. The molecule has 0 N–H and O–H groups in total. The van der Waals surface area contributed by atoms with Crippen LogP contribution in [0.2, 0.25) is 0 Å². The molecule has 0 amide bonds. The van der Waals surface area contributed by atoms with E-state index < -0.39 is 0 Å². The van der Waals surface area contributed by atoms with Crippen LogP contribution in [-0.4, -0.2) is 25.3 Å². The van der Waals surface area contributed by atoms with Crippen molar-refractivity contribution in [1.29, 1.82) is 0 Å². The molecule has 11 heavy (non-hydrogen) atoms. The third-order valence-electron chi connectivity index (χ3n) is 1.50. The van der Waals surface area contributed by atoms with Crippen LogP contribution in [0.25, 0.3) is 0 Å². The largest absolute Gasteiger partial charge is 0.382 e. The Morgan fingerprint density at radius 3 is 2.73 bits per heavy atom. The maximum atomic E-state index is 10.7. The molecule has 0 aliphatic heterocycles. The van der Waals surface area contributed by atoms with Gasteiger partial charge >= 0.3 is 0 Å². The molecule has 64 valence electrons. The molecule has 3 heteroatoms. The highest BCUT2D eigenvalue weighted by atomic mass is 16.5. The molecule has 0 radical (unpaired) electrons. The fraction of sp³-hybridized carbons (Fsp3) is 0.750. The van der Waals surface area contributed by atoms with E-state index >= 15 is 0 Å². The van der Waals surface area contributed by atoms with Crippen LogP contribution in [0.5, 0.6) is 0 Å². The predicted octanol–water partition coefficient (Wildman–Crippen LogP) is 0.817. The molecule has 1 atom stereocenters.